The molecule has 0 unspecified atom stereocenters. The molecule has 0 aliphatic heterocycles. The fourth-order valence-electron chi connectivity index (χ4n) is 2.59. The van der Waals surface area contributed by atoms with Crippen LogP contribution in [-0.2, 0) is 16.2 Å². The molecule has 3 rings (SSSR count). The molecule has 2 heterocycles. The lowest BCUT2D eigenvalue weighted by atomic mass is 10.2. The third-order valence-corrected chi connectivity index (χ3v) is 6.01. The number of hydrogen-bond acceptors (Lipinski definition) is 6. The summed E-state index contributed by atoms with van der Waals surface area (Å²) in [6.45, 7) is 1.47. The van der Waals surface area contributed by atoms with Crippen LogP contribution in [0.3, 0.4) is 0 Å². The van der Waals surface area contributed by atoms with Gasteiger partial charge in [0.25, 0.3) is 15.7 Å². The van der Waals surface area contributed by atoms with E-state index in [0.29, 0.717) is 4.41 Å². The van der Waals surface area contributed by atoms with E-state index in [1.165, 1.54) is 31.3 Å². The van der Waals surface area contributed by atoms with E-state index in [1.54, 1.807) is 0 Å². The summed E-state index contributed by atoms with van der Waals surface area (Å²) < 4.78 is 66.0. The number of aryl methyl sites for hydroxylation is 1. The SMILES string of the molecule is Cc1ccc([N+](=O)[O-])cc1S(=O)(=O)N(C)/N=C/c1cnc2ccc(C(F)(F)F)cn12.Cl. The molecule has 14 heteroatoms. The maximum Gasteiger partial charge on any atom is 0.417 e. The molecule has 0 aliphatic rings. The zero-order valence-corrected chi connectivity index (χ0v) is 17.6. The molecule has 2 aromatic heterocycles. The number of rotatable bonds is 5. The van der Waals surface area contributed by atoms with Crippen LogP contribution in [-0.4, -0.2) is 40.4 Å². The van der Waals surface area contributed by atoms with Gasteiger partial charge in [-0.3, -0.25) is 14.5 Å². The van der Waals surface area contributed by atoms with Crippen LogP contribution in [0.25, 0.3) is 5.65 Å². The van der Waals surface area contributed by atoms with Gasteiger partial charge < -0.3 is 0 Å². The Morgan fingerprint density at radius 1 is 1.26 bits per heavy atom. The van der Waals surface area contributed by atoms with Crippen LogP contribution in [0.15, 0.2) is 52.7 Å². The van der Waals surface area contributed by atoms with Crippen molar-refractivity contribution in [2.24, 2.45) is 5.10 Å². The second kappa shape index (κ2) is 8.51. The lowest BCUT2D eigenvalue weighted by molar-refractivity contribution is -0.385. The standard InChI is InChI=1S/C17H14F3N5O4S.ClH/c1-11-3-5-13(25(26)27)7-15(11)30(28,29)23(2)22-9-14-8-21-16-6-4-12(10-24(14)16)17(18,19)20;/h3-10H,1-2H3;1H/b22-9+;. The van der Waals surface area contributed by atoms with Gasteiger partial charge in [0.05, 0.1) is 33.5 Å². The Morgan fingerprint density at radius 3 is 2.55 bits per heavy atom. The van der Waals surface area contributed by atoms with Crippen molar-refractivity contribution in [2.45, 2.75) is 18.0 Å². The van der Waals surface area contributed by atoms with Gasteiger partial charge in [0, 0.05) is 25.4 Å². The van der Waals surface area contributed by atoms with Crippen molar-refractivity contribution in [1.82, 2.24) is 13.8 Å². The molecule has 0 bridgehead atoms. The van der Waals surface area contributed by atoms with Crippen LogP contribution in [0.1, 0.15) is 16.8 Å². The zero-order chi connectivity index (χ0) is 22.3. The van der Waals surface area contributed by atoms with Crippen LogP contribution in [0, 0.1) is 17.0 Å². The average molecular weight is 478 g/mol. The molecule has 0 aliphatic carbocycles. The Hall–Kier alpha value is -3.19. The minimum Gasteiger partial charge on any atom is -0.298 e. The summed E-state index contributed by atoms with van der Waals surface area (Å²) in [6.07, 6.45) is -1.47. The van der Waals surface area contributed by atoms with Crippen molar-refractivity contribution in [1.29, 1.82) is 0 Å². The molecule has 31 heavy (non-hydrogen) atoms. The van der Waals surface area contributed by atoms with Gasteiger partial charge in [-0.1, -0.05) is 6.07 Å². The summed E-state index contributed by atoms with van der Waals surface area (Å²) in [7, 11) is -3.14. The molecule has 3 aromatic rings. The normalized spacial score (nSPS) is 12.2. The summed E-state index contributed by atoms with van der Waals surface area (Å²) in [6, 6.07) is 5.44. The predicted octanol–water partition coefficient (Wildman–Crippen LogP) is 3.65. The highest BCUT2D eigenvalue weighted by Gasteiger charge is 2.31. The second-order valence-electron chi connectivity index (χ2n) is 6.22. The number of imidazole rings is 1. The maximum atomic E-state index is 12.9. The molecule has 166 valence electrons. The summed E-state index contributed by atoms with van der Waals surface area (Å²) in [5.41, 5.74) is -0.723. The average Bonchev–Trinajstić information content (AvgIpc) is 3.07. The van der Waals surface area contributed by atoms with Gasteiger partial charge in [-0.2, -0.15) is 31.1 Å². The number of hydrogen-bond donors (Lipinski definition) is 0. The number of pyridine rings is 1. The molecule has 0 atom stereocenters. The first-order valence-corrected chi connectivity index (χ1v) is 9.67. The van der Waals surface area contributed by atoms with E-state index in [0.717, 1.165) is 36.0 Å². The van der Waals surface area contributed by atoms with Crippen molar-refractivity contribution >= 4 is 40.0 Å². The van der Waals surface area contributed by atoms with Crippen molar-refractivity contribution in [3.8, 4) is 0 Å². The summed E-state index contributed by atoms with van der Waals surface area (Å²) >= 11 is 0. The highest BCUT2D eigenvalue weighted by molar-refractivity contribution is 7.89. The van der Waals surface area contributed by atoms with Crippen LogP contribution in [0.4, 0.5) is 18.9 Å². The quantitative estimate of drug-likeness (QED) is 0.316. The maximum absolute atomic E-state index is 12.9. The number of alkyl halides is 3. The molecule has 0 spiro atoms. The zero-order valence-electron chi connectivity index (χ0n) is 15.9. The Balaban J connectivity index is 0.00000341. The van der Waals surface area contributed by atoms with E-state index in [-0.39, 0.29) is 34.2 Å². The Labute approximate surface area is 180 Å². The van der Waals surface area contributed by atoms with E-state index in [1.807, 2.05) is 0 Å². The summed E-state index contributed by atoms with van der Waals surface area (Å²) in [4.78, 5) is 13.9. The monoisotopic (exact) mass is 477 g/mol. The van der Waals surface area contributed by atoms with Crippen LogP contribution in [0.5, 0.6) is 0 Å². The molecule has 0 saturated carbocycles. The lowest BCUT2D eigenvalue weighted by Gasteiger charge is -2.15. The Bertz CT molecular complexity index is 1270. The molecule has 0 saturated heterocycles. The van der Waals surface area contributed by atoms with Crippen LogP contribution < -0.4 is 0 Å². The van der Waals surface area contributed by atoms with Gasteiger partial charge in [0.2, 0.25) is 0 Å². The smallest absolute Gasteiger partial charge is 0.298 e. The van der Waals surface area contributed by atoms with Crippen molar-refractivity contribution in [2.75, 3.05) is 7.05 Å². The third kappa shape index (κ3) is 4.77. The van der Waals surface area contributed by atoms with Gasteiger partial charge in [-0.15, -0.1) is 12.4 Å². The van der Waals surface area contributed by atoms with E-state index in [2.05, 4.69) is 10.1 Å². The molecular formula is C17H15ClF3N5O4S. The minimum absolute atomic E-state index is 0. The van der Waals surface area contributed by atoms with E-state index in [9.17, 15) is 31.7 Å². The highest BCUT2D eigenvalue weighted by atomic mass is 35.5. The molecule has 1 aromatic carbocycles. The lowest BCUT2D eigenvalue weighted by Crippen LogP contribution is -2.23. The molecule has 9 nitrogen and oxygen atoms in total. The largest absolute Gasteiger partial charge is 0.417 e. The molecular weight excluding hydrogens is 463 g/mol. The van der Waals surface area contributed by atoms with E-state index >= 15 is 0 Å². The number of nitro groups is 1. The fourth-order valence-corrected chi connectivity index (χ4v) is 3.79. The number of aromatic nitrogens is 2. The van der Waals surface area contributed by atoms with Gasteiger partial charge in [0.15, 0.2) is 0 Å². The number of non-ortho nitro benzene ring substituents is 1. The topological polar surface area (TPSA) is 110 Å². The first-order chi connectivity index (χ1) is 13.9. The number of hydrazone groups is 1. The first kappa shape index (κ1) is 24.1. The number of benzene rings is 1. The van der Waals surface area contributed by atoms with Crippen molar-refractivity contribution in [3.05, 3.63) is 69.7 Å². The number of fused-ring (bicyclic) bond motifs is 1. The highest BCUT2D eigenvalue weighted by Crippen LogP contribution is 2.29. The third-order valence-electron chi connectivity index (χ3n) is 4.22. The van der Waals surface area contributed by atoms with Gasteiger partial charge in [-0.05, 0) is 24.6 Å². The first-order valence-electron chi connectivity index (χ1n) is 8.23. The van der Waals surface area contributed by atoms with Gasteiger partial charge in [0.1, 0.15) is 5.65 Å². The van der Waals surface area contributed by atoms with Crippen molar-refractivity contribution in [3.63, 3.8) is 0 Å². The number of sulfonamides is 1. The minimum atomic E-state index is -4.56. The predicted molar refractivity (Wildman–Crippen MR) is 108 cm³/mol. The van der Waals surface area contributed by atoms with E-state index in [4.69, 9.17) is 0 Å². The Morgan fingerprint density at radius 2 is 1.94 bits per heavy atom. The second-order valence-corrected chi connectivity index (χ2v) is 8.14. The molecule has 0 fully saturated rings. The number of nitrogens with zero attached hydrogens (tertiary/aromatic N) is 5. The van der Waals surface area contributed by atoms with Gasteiger partial charge >= 0.3 is 6.18 Å². The fraction of sp³-hybridized carbons (Fsp3) is 0.176. The number of nitro benzene ring substituents is 1. The summed E-state index contributed by atoms with van der Waals surface area (Å²) in [5.74, 6) is 0. The molecule has 0 amide bonds. The molecule has 0 radical (unpaired) electrons. The van der Waals surface area contributed by atoms with Crippen LogP contribution >= 0.6 is 12.4 Å². The summed E-state index contributed by atoms with van der Waals surface area (Å²) in [5, 5.41) is 14.7. The van der Waals surface area contributed by atoms with Crippen LogP contribution in [0.2, 0.25) is 0 Å². The molecule has 0 N–H and O–H groups in total. The van der Waals surface area contributed by atoms with Gasteiger partial charge in [-0.25, -0.2) is 4.98 Å². The Kier molecular flexibility index (Phi) is 6.61. The van der Waals surface area contributed by atoms with Crippen molar-refractivity contribution < 1.29 is 26.5 Å². The number of halogens is 4. The van der Waals surface area contributed by atoms with E-state index < -0.39 is 32.4 Å².